The summed E-state index contributed by atoms with van der Waals surface area (Å²) in [6, 6.07) is 7.25. The quantitative estimate of drug-likeness (QED) is 0.912. The summed E-state index contributed by atoms with van der Waals surface area (Å²) in [5.41, 5.74) is 2.79. The van der Waals surface area contributed by atoms with Crippen LogP contribution >= 0.6 is 27.7 Å². The molecule has 1 N–H and O–H groups in total. The van der Waals surface area contributed by atoms with E-state index in [1.165, 1.54) is 39.9 Å². The first-order valence-corrected chi connectivity index (χ1v) is 7.76. The van der Waals surface area contributed by atoms with Crippen LogP contribution in [0, 0.1) is 6.92 Å². The van der Waals surface area contributed by atoms with Gasteiger partial charge in [0.05, 0.1) is 0 Å². The van der Waals surface area contributed by atoms with Crippen molar-refractivity contribution < 1.29 is 0 Å². The monoisotopic (exact) mass is 299 g/mol. The normalized spacial score (nSPS) is 17.6. The summed E-state index contributed by atoms with van der Waals surface area (Å²) in [6.45, 7) is 3.19. The molecule has 2 rings (SSSR count). The first kappa shape index (κ1) is 12.5. The standard InChI is InChI=1S/C13H18BrNS/c1-10-8-12(14)3-2-11(10)9-15-13-4-6-16-7-5-13/h2-3,8,13,15H,4-7,9H2,1H3. The van der Waals surface area contributed by atoms with Gasteiger partial charge in [-0.05, 0) is 54.5 Å². The molecule has 0 aliphatic carbocycles. The summed E-state index contributed by atoms with van der Waals surface area (Å²) in [4.78, 5) is 0. The highest BCUT2D eigenvalue weighted by Gasteiger charge is 2.12. The number of hydrogen-bond donors (Lipinski definition) is 1. The third-order valence-electron chi connectivity index (χ3n) is 3.11. The predicted octanol–water partition coefficient (Wildman–Crippen LogP) is 3.74. The minimum absolute atomic E-state index is 0.726. The topological polar surface area (TPSA) is 12.0 Å². The molecule has 3 heteroatoms. The van der Waals surface area contributed by atoms with Crippen molar-refractivity contribution in [2.75, 3.05) is 11.5 Å². The summed E-state index contributed by atoms with van der Waals surface area (Å²) in [7, 11) is 0. The maximum absolute atomic E-state index is 3.67. The molecular formula is C13H18BrNS. The van der Waals surface area contributed by atoms with E-state index in [2.05, 4.69) is 58.1 Å². The van der Waals surface area contributed by atoms with E-state index in [1.807, 2.05) is 0 Å². The maximum Gasteiger partial charge on any atom is 0.0210 e. The Morgan fingerprint density at radius 3 is 2.81 bits per heavy atom. The highest BCUT2D eigenvalue weighted by Crippen LogP contribution is 2.19. The lowest BCUT2D eigenvalue weighted by Gasteiger charge is -2.23. The van der Waals surface area contributed by atoms with Crippen LogP contribution in [0.2, 0.25) is 0 Å². The molecule has 0 amide bonds. The highest BCUT2D eigenvalue weighted by molar-refractivity contribution is 9.10. The lowest BCUT2D eigenvalue weighted by atomic mass is 10.1. The van der Waals surface area contributed by atoms with Crippen molar-refractivity contribution >= 4 is 27.7 Å². The summed E-state index contributed by atoms with van der Waals surface area (Å²) < 4.78 is 1.17. The van der Waals surface area contributed by atoms with Gasteiger partial charge in [0.25, 0.3) is 0 Å². The van der Waals surface area contributed by atoms with Crippen LogP contribution in [0.5, 0.6) is 0 Å². The molecule has 0 radical (unpaired) electrons. The Bertz CT molecular complexity index is 348. The number of thioether (sulfide) groups is 1. The molecule has 0 bridgehead atoms. The number of nitrogens with one attached hydrogen (secondary N) is 1. The number of benzene rings is 1. The van der Waals surface area contributed by atoms with Gasteiger partial charge in [-0.3, -0.25) is 0 Å². The molecule has 1 saturated heterocycles. The fourth-order valence-corrected chi connectivity index (χ4v) is 3.60. The molecule has 1 fully saturated rings. The molecule has 0 atom stereocenters. The molecule has 88 valence electrons. The summed E-state index contributed by atoms with van der Waals surface area (Å²) in [5.74, 6) is 2.63. The fourth-order valence-electron chi connectivity index (χ4n) is 2.01. The molecule has 1 nitrogen and oxygen atoms in total. The zero-order valence-electron chi connectivity index (χ0n) is 9.63. The van der Waals surface area contributed by atoms with Gasteiger partial charge in [0.1, 0.15) is 0 Å². The van der Waals surface area contributed by atoms with Gasteiger partial charge in [0, 0.05) is 17.1 Å². The second-order valence-electron chi connectivity index (χ2n) is 4.34. The van der Waals surface area contributed by atoms with Crippen molar-refractivity contribution in [3.63, 3.8) is 0 Å². The Morgan fingerprint density at radius 1 is 1.38 bits per heavy atom. The molecule has 0 unspecified atom stereocenters. The van der Waals surface area contributed by atoms with Crippen molar-refractivity contribution in [2.24, 2.45) is 0 Å². The summed E-state index contributed by atoms with van der Waals surface area (Å²) in [6.07, 6.45) is 2.64. The third-order valence-corrected chi connectivity index (χ3v) is 4.65. The predicted molar refractivity (Wildman–Crippen MR) is 76.1 cm³/mol. The Labute approximate surface area is 111 Å². The van der Waals surface area contributed by atoms with E-state index in [9.17, 15) is 0 Å². The molecular weight excluding hydrogens is 282 g/mol. The minimum Gasteiger partial charge on any atom is -0.310 e. The van der Waals surface area contributed by atoms with Crippen molar-refractivity contribution in [2.45, 2.75) is 32.4 Å². The van der Waals surface area contributed by atoms with E-state index < -0.39 is 0 Å². The van der Waals surface area contributed by atoms with Gasteiger partial charge in [-0.25, -0.2) is 0 Å². The molecule has 16 heavy (non-hydrogen) atoms. The van der Waals surface area contributed by atoms with Crippen molar-refractivity contribution in [3.8, 4) is 0 Å². The lowest BCUT2D eigenvalue weighted by molar-refractivity contribution is 0.481. The van der Waals surface area contributed by atoms with Crippen LogP contribution in [0.15, 0.2) is 22.7 Å². The number of rotatable bonds is 3. The SMILES string of the molecule is Cc1cc(Br)ccc1CNC1CCSCC1. The molecule has 0 saturated carbocycles. The van der Waals surface area contributed by atoms with Gasteiger partial charge >= 0.3 is 0 Å². The van der Waals surface area contributed by atoms with Crippen LogP contribution in [0.25, 0.3) is 0 Å². The molecule has 1 aromatic carbocycles. The van der Waals surface area contributed by atoms with Gasteiger partial charge < -0.3 is 5.32 Å². The van der Waals surface area contributed by atoms with Crippen LogP contribution in [-0.4, -0.2) is 17.5 Å². The Balaban J connectivity index is 1.88. The van der Waals surface area contributed by atoms with Crippen LogP contribution < -0.4 is 5.32 Å². The Kier molecular flexibility index (Phi) is 4.74. The lowest BCUT2D eigenvalue weighted by Crippen LogP contribution is -2.32. The average molecular weight is 300 g/mol. The van der Waals surface area contributed by atoms with Crippen LogP contribution in [0.3, 0.4) is 0 Å². The molecule has 0 spiro atoms. The molecule has 1 aliphatic heterocycles. The van der Waals surface area contributed by atoms with Gasteiger partial charge in [-0.2, -0.15) is 11.8 Å². The van der Waals surface area contributed by atoms with Crippen LogP contribution in [0.1, 0.15) is 24.0 Å². The largest absolute Gasteiger partial charge is 0.310 e. The van der Waals surface area contributed by atoms with E-state index in [4.69, 9.17) is 0 Å². The van der Waals surface area contributed by atoms with Crippen molar-refractivity contribution in [3.05, 3.63) is 33.8 Å². The molecule has 1 aliphatic rings. The first-order valence-electron chi connectivity index (χ1n) is 5.82. The number of hydrogen-bond acceptors (Lipinski definition) is 2. The van der Waals surface area contributed by atoms with Gasteiger partial charge in [0.2, 0.25) is 0 Å². The fraction of sp³-hybridized carbons (Fsp3) is 0.538. The van der Waals surface area contributed by atoms with E-state index in [-0.39, 0.29) is 0 Å². The second kappa shape index (κ2) is 6.08. The van der Waals surface area contributed by atoms with Gasteiger partial charge in [0.15, 0.2) is 0 Å². The van der Waals surface area contributed by atoms with E-state index in [0.717, 1.165) is 12.6 Å². The molecule has 0 aromatic heterocycles. The second-order valence-corrected chi connectivity index (χ2v) is 6.48. The summed E-state index contributed by atoms with van der Waals surface area (Å²) in [5, 5.41) is 3.67. The van der Waals surface area contributed by atoms with Gasteiger partial charge in [-0.15, -0.1) is 0 Å². The third kappa shape index (κ3) is 3.51. The Hall–Kier alpha value is 0.01000. The zero-order chi connectivity index (χ0) is 11.4. The van der Waals surface area contributed by atoms with Crippen LogP contribution in [0.4, 0.5) is 0 Å². The zero-order valence-corrected chi connectivity index (χ0v) is 12.0. The highest BCUT2D eigenvalue weighted by atomic mass is 79.9. The molecule has 1 aromatic rings. The van der Waals surface area contributed by atoms with Crippen molar-refractivity contribution in [1.82, 2.24) is 5.32 Å². The first-order chi connectivity index (χ1) is 7.75. The van der Waals surface area contributed by atoms with Crippen molar-refractivity contribution in [1.29, 1.82) is 0 Å². The summed E-state index contributed by atoms with van der Waals surface area (Å²) >= 11 is 5.58. The van der Waals surface area contributed by atoms with Gasteiger partial charge in [-0.1, -0.05) is 22.0 Å². The average Bonchev–Trinajstić information content (AvgIpc) is 2.29. The minimum atomic E-state index is 0.726. The Morgan fingerprint density at radius 2 is 2.12 bits per heavy atom. The smallest absolute Gasteiger partial charge is 0.0210 e. The van der Waals surface area contributed by atoms with E-state index in [0.29, 0.717) is 0 Å². The number of halogens is 1. The van der Waals surface area contributed by atoms with E-state index >= 15 is 0 Å². The maximum atomic E-state index is 3.67. The molecule has 1 heterocycles. The van der Waals surface area contributed by atoms with E-state index in [1.54, 1.807) is 0 Å². The van der Waals surface area contributed by atoms with Crippen LogP contribution in [-0.2, 0) is 6.54 Å². The number of aryl methyl sites for hydroxylation is 1.